The summed E-state index contributed by atoms with van der Waals surface area (Å²) in [6.45, 7) is 2.85. The molecule has 0 aliphatic carbocycles. The van der Waals surface area contributed by atoms with E-state index in [1.54, 1.807) is 0 Å². The van der Waals surface area contributed by atoms with E-state index in [1.807, 2.05) is 36.0 Å². The van der Waals surface area contributed by atoms with Crippen molar-refractivity contribution in [3.8, 4) is 17.6 Å². The van der Waals surface area contributed by atoms with Crippen LogP contribution in [0.5, 0.6) is 5.75 Å². The van der Waals surface area contributed by atoms with Crippen LogP contribution in [-0.2, 0) is 0 Å². The molecule has 0 saturated heterocycles. The highest BCUT2D eigenvalue weighted by Gasteiger charge is 1.94. The second-order valence-corrected chi connectivity index (χ2v) is 5.02. The summed E-state index contributed by atoms with van der Waals surface area (Å²) in [6, 6.07) is 7.64. The van der Waals surface area contributed by atoms with E-state index in [4.69, 9.17) is 9.84 Å². The Morgan fingerprint density at radius 1 is 1.22 bits per heavy atom. The Morgan fingerprint density at radius 2 is 2.00 bits per heavy atom. The highest BCUT2D eigenvalue weighted by Crippen LogP contribution is 2.12. The van der Waals surface area contributed by atoms with Crippen LogP contribution in [0.4, 0.5) is 0 Å². The fourth-order valence-electron chi connectivity index (χ4n) is 1.34. The van der Waals surface area contributed by atoms with Crippen molar-refractivity contribution in [3.05, 3.63) is 29.8 Å². The minimum absolute atomic E-state index is 0.104. The summed E-state index contributed by atoms with van der Waals surface area (Å²) in [5.41, 5.74) is 0.897. The average molecular weight is 264 g/mol. The molecule has 0 amide bonds. The van der Waals surface area contributed by atoms with E-state index < -0.39 is 0 Å². The number of benzene rings is 1. The van der Waals surface area contributed by atoms with Crippen molar-refractivity contribution in [2.75, 3.05) is 24.7 Å². The lowest BCUT2D eigenvalue weighted by Gasteiger charge is -2.05. The second kappa shape index (κ2) is 9.87. The standard InChI is InChI=1S/C15H20O2S/c1-2-3-12-18-13-11-17-15-8-6-14(7-9-15)5-4-10-16/h6-9,16H,2-3,10-13H2,1H3. The van der Waals surface area contributed by atoms with Gasteiger partial charge in [0, 0.05) is 11.3 Å². The molecule has 98 valence electrons. The number of aliphatic hydroxyl groups is 1. The van der Waals surface area contributed by atoms with Gasteiger partial charge in [-0.05, 0) is 36.4 Å². The fraction of sp³-hybridized carbons (Fsp3) is 0.467. The van der Waals surface area contributed by atoms with Gasteiger partial charge in [-0.25, -0.2) is 0 Å². The van der Waals surface area contributed by atoms with Crippen molar-refractivity contribution in [1.82, 2.24) is 0 Å². The molecule has 0 spiro atoms. The molecule has 0 radical (unpaired) electrons. The molecule has 1 rings (SSSR count). The molecule has 1 aromatic rings. The van der Waals surface area contributed by atoms with Gasteiger partial charge in [-0.3, -0.25) is 0 Å². The van der Waals surface area contributed by atoms with Gasteiger partial charge in [0.1, 0.15) is 12.4 Å². The van der Waals surface area contributed by atoms with Gasteiger partial charge >= 0.3 is 0 Å². The third-order valence-corrected chi connectivity index (χ3v) is 3.34. The minimum atomic E-state index is -0.104. The normalized spacial score (nSPS) is 9.67. The lowest BCUT2D eigenvalue weighted by atomic mass is 10.2. The van der Waals surface area contributed by atoms with Crippen LogP contribution in [0.15, 0.2) is 24.3 Å². The lowest BCUT2D eigenvalue weighted by Crippen LogP contribution is -2.00. The maximum absolute atomic E-state index is 8.59. The fourth-order valence-corrected chi connectivity index (χ4v) is 2.24. The van der Waals surface area contributed by atoms with E-state index in [9.17, 15) is 0 Å². The summed E-state index contributed by atoms with van der Waals surface area (Å²) in [5, 5.41) is 8.59. The largest absolute Gasteiger partial charge is 0.493 e. The molecule has 1 aromatic carbocycles. The second-order valence-electron chi connectivity index (χ2n) is 3.80. The number of hydrogen-bond donors (Lipinski definition) is 1. The summed E-state index contributed by atoms with van der Waals surface area (Å²) in [5.74, 6) is 8.60. The predicted molar refractivity (Wildman–Crippen MR) is 78.1 cm³/mol. The number of unbranched alkanes of at least 4 members (excludes halogenated alkanes) is 1. The summed E-state index contributed by atoms with van der Waals surface area (Å²) in [6.07, 6.45) is 2.53. The number of aliphatic hydroxyl groups excluding tert-OH is 1. The van der Waals surface area contributed by atoms with Gasteiger partial charge in [-0.2, -0.15) is 11.8 Å². The Balaban J connectivity index is 2.22. The van der Waals surface area contributed by atoms with Crippen LogP contribution in [0.1, 0.15) is 25.3 Å². The van der Waals surface area contributed by atoms with Crippen LogP contribution < -0.4 is 4.74 Å². The monoisotopic (exact) mass is 264 g/mol. The third kappa shape index (κ3) is 6.58. The molecule has 0 aromatic heterocycles. The van der Waals surface area contributed by atoms with Crippen LogP contribution in [0.2, 0.25) is 0 Å². The SMILES string of the molecule is CCCCSCCOc1ccc(C#CCO)cc1. The molecule has 0 heterocycles. The molecule has 0 aliphatic rings. The van der Waals surface area contributed by atoms with E-state index in [1.165, 1.54) is 18.6 Å². The quantitative estimate of drug-likeness (QED) is 0.606. The van der Waals surface area contributed by atoms with Gasteiger partial charge in [-0.1, -0.05) is 25.2 Å². The Hall–Kier alpha value is -1.11. The maximum Gasteiger partial charge on any atom is 0.119 e. The first kappa shape index (κ1) is 14.9. The molecule has 0 fully saturated rings. The van der Waals surface area contributed by atoms with Crippen LogP contribution >= 0.6 is 11.8 Å². The molecule has 0 saturated carbocycles. The first-order chi connectivity index (χ1) is 8.86. The van der Waals surface area contributed by atoms with Gasteiger partial charge in [-0.15, -0.1) is 0 Å². The van der Waals surface area contributed by atoms with Crippen molar-refractivity contribution >= 4 is 11.8 Å². The van der Waals surface area contributed by atoms with Crippen LogP contribution in [-0.4, -0.2) is 29.8 Å². The zero-order valence-corrected chi connectivity index (χ0v) is 11.6. The summed E-state index contributed by atoms with van der Waals surface area (Å²) >= 11 is 1.94. The van der Waals surface area contributed by atoms with E-state index in [-0.39, 0.29) is 6.61 Å². The van der Waals surface area contributed by atoms with Gasteiger partial charge in [0.05, 0.1) is 6.61 Å². The molecule has 0 bridgehead atoms. The van der Waals surface area contributed by atoms with Gasteiger partial charge in [0.25, 0.3) is 0 Å². The number of hydrogen-bond acceptors (Lipinski definition) is 3. The van der Waals surface area contributed by atoms with Crippen molar-refractivity contribution in [2.24, 2.45) is 0 Å². The van der Waals surface area contributed by atoms with Crippen LogP contribution in [0.25, 0.3) is 0 Å². The van der Waals surface area contributed by atoms with Crippen molar-refractivity contribution in [3.63, 3.8) is 0 Å². The smallest absolute Gasteiger partial charge is 0.119 e. The Morgan fingerprint density at radius 3 is 2.67 bits per heavy atom. The topological polar surface area (TPSA) is 29.5 Å². The number of rotatable bonds is 7. The minimum Gasteiger partial charge on any atom is -0.493 e. The van der Waals surface area contributed by atoms with Crippen molar-refractivity contribution < 1.29 is 9.84 Å². The van der Waals surface area contributed by atoms with Crippen molar-refractivity contribution in [1.29, 1.82) is 0 Å². The molecule has 0 unspecified atom stereocenters. The predicted octanol–water partition coefficient (Wildman–Crippen LogP) is 2.94. The molecule has 18 heavy (non-hydrogen) atoms. The summed E-state index contributed by atoms with van der Waals surface area (Å²) < 4.78 is 5.63. The van der Waals surface area contributed by atoms with Gasteiger partial charge < -0.3 is 9.84 Å². The highest BCUT2D eigenvalue weighted by molar-refractivity contribution is 7.99. The van der Waals surface area contributed by atoms with Gasteiger partial charge in [0.15, 0.2) is 0 Å². The number of ether oxygens (including phenoxy) is 1. The Labute approximate surface area is 114 Å². The average Bonchev–Trinajstić information content (AvgIpc) is 2.42. The Kier molecular flexibility index (Phi) is 8.20. The zero-order chi connectivity index (χ0) is 13.1. The Bertz CT molecular complexity index is 376. The molecule has 3 heteroatoms. The van der Waals surface area contributed by atoms with Crippen LogP contribution in [0.3, 0.4) is 0 Å². The van der Waals surface area contributed by atoms with E-state index >= 15 is 0 Å². The van der Waals surface area contributed by atoms with Crippen molar-refractivity contribution in [2.45, 2.75) is 19.8 Å². The zero-order valence-electron chi connectivity index (χ0n) is 10.8. The molecule has 0 aliphatic heterocycles. The highest BCUT2D eigenvalue weighted by atomic mass is 32.2. The molecular weight excluding hydrogens is 244 g/mol. The van der Waals surface area contributed by atoms with E-state index in [0.717, 1.165) is 23.7 Å². The number of thioether (sulfide) groups is 1. The summed E-state index contributed by atoms with van der Waals surface area (Å²) in [7, 11) is 0. The third-order valence-electron chi connectivity index (χ3n) is 2.30. The first-order valence-corrected chi connectivity index (χ1v) is 7.42. The summed E-state index contributed by atoms with van der Waals surface area (Å²) in [4.78, 5) is 0. The maximum atomic E-state index is 8.59. The molecular formula is C15H20O2S. The van der Waals surface area contributed by atoms with E-state index in [2.05, 4.69) is 18.8 Å². The van der Waals surface area contributed by atoms with E-state index in [0.29, 0.717) is 0 Å². The molecule has 2 nitrogen and oxygen atoms in total. The molecule has 0 atom stereocenters. The van der Waals surface area contributed by atoms with Crippen LogP contribution in [0, 0.1) is 11.8 Å². The molecule has 1 N–H and O–H groups in total. The lowest BCUT2D eigenvalue weighted by molar-refractivity contribution is 0.344. The van der Waals surface area contributed by atoms with Gasteiger partial charge in [0.2, 0.25) is 0 Å². The first-order valence-electron chi connectivity index (χ1n) is 6.27.